The highest BCUT2D eigenvalue weighted by Crippen LogP contribution is 2.37. The molecular formula is C12H14BrFN2O3. The molecule has 0 saturated heterocycles. The Morgan fingerprint density at radius 3 is 2.74 bits per heavy atom. The molecule has 1 aliphatic carbocycles. The smallest absolute Gasteiger partial charge is 0.295 e. The Bertz CT molecular complexity index is 500. The second-order valence-electron chi connectivity index (χ2n) is 4.63. The van der Waals surface area contributed by atoms with Gasteiger partial charge >= 0.3 is 0 Å². The van der Waals surface area contributed by atoms with Crippen LogP contribution in [0.25, 0.3) is 0 Å². The molecule has 0 radical (unpaired) electrons. The van der Waals surface area contributed by atoms with Gasteiger partial charge in [0.25, 0.3) is 5.69 Å². The van der Waals surface area contributed by atoms with Gasteiger partial charge in [0, 0.05) is 13.7 Å². The maximum absolute atomic E-state index is 13.3. The van der Waals surface area contributed by atoms with E-state index in [4.69, 9.17) is 4.74 Å². The average Bonchev–Trinajstić information content (AvgIpc) is 2.32. The lowest BCUT2D eigenvalue weighted by Gasteiger charge is -2.40. The highest BCUT2D eigenvalue weighted by molar-refractivity contribution is 9.10. The highest BCUT2D eigenvalue weighted by atomic mass is 79.9. The van der Waals surface area contributed by atoms with E-state index >= 15 is 0 Å². The topological polar surface area (TPSA) is 64.4 Å². The Hall–Kier alpha value is -1.21. The van der Waals surface area contributed by atoms with Crippen molar-refractivity contribution in [2.45, 2.75) is 24.9 Å². The van der Waals surface area contributed by atoms with Crippen LogP contribution in [0.4, 0.5) is 15.8 Å². The molecule has 1 aliphatic rings. The molecule has 1 fully saturated rings. The van der Waals surface area contributed by atoms with Crippen molar-refractivity contribution in [3.8, 4) is 0 Å². The maximum Gasteiger partial charge on any atom is 0.295 e. The van der Waals surface area contributed by atoms with Crippen molar-refractivity contribution in [2.24, 2.45) is 0 Å². The fraction of sp³-hybridized carbons (Fsp3) is 0.500. The summed E-state index contributed by atoms with van der Waals surface area (Å²) < 4.78 is 19.0. The molecule has 0 atom stereocenters. The molecule has 0 bridgehead atoms. The Morgan fingerprint density at radius 2 is 2.26 bits per heavy atom. The number of hydrogen-bond donors (Lipinski definition) is 1. The van der Waals surface area contributed by atoms with Crippen LogP contribution >= 0.6 is 15.9 Å². The lowest BCUT2D eigenvalue weighted by molar-refractivity contribution is -0.384. The first-order chi connectivity index (χ1) is 8.97. The maximum atomic E-state index is 13.3. The summed E-state index contributed by atoms with van der Waals surface area (Å²) in [5.41, 5.74) is -0.234. The van der Waals surface area contributed by atoms with Crippen LogP contribution in [0.2, 0.25) is 0 Å². The molecule has 1 aromatic rings. The van der Waals surface area contributed by atoms with Crippen LogP contribution in [0, 0.1) is 15.9 Å². The summed E-state index contributed by atoms with van der Waals surface area (Å²) in [6.45, 7) is 0.475. The molecule has 0 amide bonds. The number of methoxy groups -OCH3 is 1. The quantitative estimate of drug-likeness (QED) is 0.662. The molecule has 19 heavy (non-hydrogen) atoms. The van der Waals surface area contributed by atoms with Crippen LogP contribution in [0.5, 0.6) is 0 Å². The molecule has 0 aromatic heterocycles. The third kappa shape index (κ3) is 2.87. The second kappa shape index (κ2) is 5.42. The predicted molar refractivity (Wildman–Crippen MR) is 72.8 cm³/mol. The van der Waals surface area contributed by atoms with Gasteiger partial charge in [-0.15, -0.1) is 0 Å². The largest absolute Gasteiger partial charge is 0.377 e. The number of hydrogen-bond acceptors (Lipinski definition) is 4. The molecule has 0 aliphatic heterocycles. The zero-order valence-corrected chi connectivity index (χ0v) is 12.0. The van der Waals surface area contributed by atoms with Gasteiger partial charge in [-0.3, -0.25) is 10.1 Å². The summed E-state index contributed by atoms with van der Waals surface area (Å²) in [7, 11) is 1.63. The summed E-state index contributed by atoms with van der Waals surface area (Å²) >= 11 is 3.03. The van der Waals surface area contributed by atoms with Crippen molar-refractivity contribution in [1.29, 1.82) is 0 Å². The Morgan fingerprint density at radius 1 is 1.58 bits per heavy atom. The minimum atomic E-state index is -0.651. The van der Waals surface area contributed by atoms with Gasteiger partial charge in [0.15, 0.2) is 0 Å². The van der Waals surface area contributed by atoms with Crippen molar-refractivity contribution in [2.75, 3.05) is 19.0 Å². The zero-order valence-electron chi connectivity index (χ0n) is 10.4. The van der Waals surface area contributed by atoms with Gasteiger partial charge < -0.3 is 10.1 Å². The first kappa shape index (κ1) is 14.2. The van der Waals surface area contributed by atoms with Gasteiger partial charge in [-0.05, 0) is 41.3 Å². The fourth-order valence-electron chi connectivity index (χ4n) is 2.11. The van der Waals surface area contributed by atoms with Crippen LogP contribution in [-0.4, -0.2) is 24.2 Å². The van der Waals surface area contributed by atoms with E-state index < -0.39 is 10.7 Å². The summed E-state index contributed by atoms with van der Waals surface area (Å²) in [4.78, 5) is 10.3. The van der Waals surface area contributed by atoms with Gasteiger partial charge in [-0.1, -0.05) is 0 Å². The van der Waals surface area contributed by atoms with Gasteiger partial charge in [-0.25, -0.2) is 4.39 Å². The first-order valence-corrected chi connectivity index (χ1v) is 6.69. The number of ether oxygens (including phenoxy) is 1. The summed E-state index contributed by atoms with van der Waals surface area (Å²) in [5.74, 6) is -0.651. The SMILES string of the molecule is COC1(CNc2cc(Br)c(F)cc2[N+](=O)[O-])CCC1. The molecular weight excluding hydrogens is 319 g/mol. The second-order valence-corrected chi connectivity index (χ2v) is 5.49. The van der Waals surface area contributed by atoms with E-state index in [-0.39, 0.29) is 15.8 Å². The highest BCUT2D eigenvalue weighted by Gasteiger charge is 2.37. The third-order valence-corrected chi connectivity index (χ3v) is 4.14. The van der Waals surface area contributed by atoms with Crippen molar-refractivity contribution in [3.63, 3.8) is 0 Å². The summed E-state index contributed by atoms with van der Waals surface area (Å²) in [5, 5.41) is 13.9. The molecule has 2 rings (SSSR count). The molecule has 0 heterocycles. The summed E-state index contributed by atoms with van der Waals surface area (Å²) in [6.07, 6.45) is 2.93. The lowest BCUT2D eigenvalue weighted by atomic mass is 9.80. The number of nitrogens with zero attached hydrogens (tertiary/aromatic N) is 1. The lowest BCUT2D eigenvalue weighted by Crippen LogP contribution is -2.45. The number of halogens is 2. The Kier molecular flexibility index (Phi) is 4.05. The number of nitro groups is 1. The number of nitrogens with one attached hydrogen (secondary N) is 1. The average molecular weight is 333 g/mol. The minimum absolute atomic E-state index is 0.195. The number of benzene rings is 1. The number of rotatable bonds is 5. The predicted octanol–water partition coefficient (Wildman–Crippen LogP) is 3.48. The van der Waals surface area contributed by atoms with Crippen molar-refractivity contribution in [1.82, 2.24) is 0 Å². The molecule has 5 nitrogen and oxygen atoms in total. The van der Waals surface area contributed by atoms with E-state index in [1.807, 2.05) is 0 Å². The van der Waals surface area contributed by atoms with Crippen molar-refractivity contribution >= 4 is 27.3 Å². The Labute approximate surface area is 118 Å². The van der Waals surface area contributed by atoms with E-state index in [1.54, 1.807) is 7.11 Å². The first-order valence-electron chi connectivity index (χ1n) is 5.90. The van der Waals surface area contributed by atoms with E-state index in [9.17, 15) is 14.5 Å². The van der Waals surface area contributed by atoms with E-state index in [2.05, 4.69) is 21.2 Å². The number of anilines is 1. The van der Waals surface area contributed by atoms with Crippen LogP contribution in [-0.2, 0) is 4.74 Å². The van der Waals surface area contributed by atoms with E-state index in [0.29, 0.717) is 12.2 Å². The number of nitro benzene ring substituents is 1. The van der Waals surface area contributed by atoms with E-state index in [0.717, 1.165) is 25.3 Å². The summed E-state index contributed by atoms with van der Waals surface area (Å²) in [6, 6.07) is 2.29. The molecule has 1 saturated carbocycles. The van der Waals surface area contributed by atoms with Crippen molar-refractivity contribution < 1.29 is 14.1 Å². The van der Waals surface area contributed by atoms with Gasteiger partial charge in [0.05, 0.1) is 21.1 Å². The molecule has 7 heteroatoms. The standard InChI is InChI=1S/C12H14BrFN2O3/c1-19-12(3-2-4-12)7-15-10-5-8(13)9(14)6-11(10)16(17)18/h5-6,15H,2-4,7H2,1H3. The van der Waals surface area contributed by atoms with Gasteiger partial charge in [0.1, 0.15) is 11.5 Å². The van der Waals surface area contributed by atoms with Crippen molar-refractivity contribution in [3.05, 3.63) is 32.5 Å². The third-order valence-electron chi connectivity index (χ3n) is 3.53. The van der Waals surface area contributed by atoms with Crippen LogP contribution in [0.1, 0.15) is 19.3 Å². The monoisotopic (exact) mass is 332 g/mol. The molecule has 1 aromatic carbocycles. The molecule has 0 unspecified atom stereocenters. The van der Waals surface area contributed by atoms with Crippen LogP contribution in [0.15, 0.2) is 16.6 Å². The normalized spacial score (nSPS) is 16.8. The molecule has 0 spiro atoms. The van der Waals surface area contributed by atoms with Crippen LogP contribution < -0.4 is 5.32 Å². The Balaban J connectivity index is 2.19. The molecule has 104 valence electrons. The zero-order chi connectivity index (χ0) is 14.0. The van der Waals surface area contributed by atoms with E-state index in [1.165, 1.54) is 6.07 Å². The molecule has 1 N–H and O–H groups in total. The van der Waals surface area contributed by atoms with Crippen LogP contribution in [0.3, 0.4) is 0 Å². The van der Waals surface area contributed by atoms with Gasteiger partial charge in [-0.2, -0.15) is 0 Å². The minimum Gasteiger partial charge on any atom is -0.377 e. The van der Waals surface area contributed by atoms with Gasteiger partial charge in [0.2, 0.25) is 0 Å². The fourth-order valence-corrected chi connectivity index (χ4v) is 2.45.